The Hall–Kier alpha value is -1.42. The summed E-state index contributed by atoms with van der Waals surface area (Å²) in [5.74, 6) is 2.89. The molecule has 0 bridgehead atoms. The van der Waals surface area contributed by atoms with E-state index in [0.29, 0.717) is 0 Å². The number of rotatable bonds is 2. The molecule has 1 aromatic carbocycles. The lowest BCUT2D eigenvalue weighted by molar-refractivity contribution is 0.694. The van der Waals surface area contributed by atoms with Crippen LogP contribution >= 0.6 is 0 Å². The fourth-order valence-electron chi connectivity index (χ4n) is 2.31. The molecule has 0 aromatic heterocycles. The maximum absolute atomic E-state index is 5.64. The van der Waals surface area contributed by atoms with Crippen LogP contribution in [0.3, 0.4) is 0 Å². The Kier molecular flexibility index (Phi) is 2.92. The zero-order valence-corrected chi connectivity index (χ0v) is 10.2. The summed E-state index contributed by atoms with van der Waals surface area (Å²) in [6, 6.07) is 8.53. The molecule has 16 heavy (non-hydrogen) atoms. The van der Waals surface area contributed by atoms with Crippen LogP contribution in [0.25, 0.3) is 0 Å². The Balaban J connectivity index is 2.42. The summed E-state index contributed by atoms with van der Waals surface area (Å²) in [5.41, 5.74) is 2.42. The van der Waals surface area contributed by atoms with E-state index in [1.807, 2.05) is 0 Å². The van der Waals surface area contributed by atoms with Crippen molar-refractivity contribution >= 4 is 5.69 Å². The van der Waals surface area contributed by atoms with E-state index in [4.69, 9.17) is 6.42 Å². The summed E-state index contributed by atoms with van der Waals surface area (Å²) in [4.78, 5) is 2.45. The number of hydrogen-bond acceptors (Lipinski definition) is 1. The minimum Gasteiger partial charge on any atom is -0.371 e. The van der Waals surface area contributed by atoms with E-state index in [1.54, 1.807) is 0 Å². The number of terminal acetylenes is 1. The predicted molar refractivity (Wildman–Crippen MR) is 69.7 cm³/mol. The molecule has 1 heterocycles. The van der Waals surface area contributed by atoms with Crippen LogP contribution in [0.2, 0.25) is 0 Å². The Morgan fingerprint density at radius 3 is 2.44 bits per heavy atom. The second-order valence-corrected chi connectivity index (χ2v) is 4.98. The second kappa shape index (κ2) is 4.22. The maximum Gasteiger partial charge on any atom is 0.0524 e. The lowest BCUT2D eigenvalue weighted by atomic mass is 9.84. The van der Waals surface area contributed by atoms with Gasteiger partial charge in [-0.15, -0.1) is 6.42 Å². The van der Waals surface area contributed by atoms with Gasteiger partial charge >= 0.3 is 0 Å². The summed E-state index contributed by atoms with van der Waals surface area (Å²) < 4.78 is 0. The molecular weight excluding hydrogens is 194 g/mol. The molecule has 1 aliphatic heterocycles. The minimum atomic E-state index is -0.181. The van der Waals surface area contributed by atoms with E-state index in [-0.39, 0.29) is 5.41 Å². The van der Waals surface area contributed by atoms with Gasteiger partial charge in [-0.05, 0) is 38.3 Å². The van der Waals surface area contributed by atoms with Gasteiger partial charge in [0.05, 0.1) is 5.41 Å². The van der Waals surface area contributed by atoms with Gasteiger partial charge in [-0.25, -0.2) is 0 Å². The fourth-order valence-corrected chi connectivity index (χ4v) is 2.31. The van der Waals surface area contributed by atoms with E-state index < -0.39 is 0 Å². The third-order valence-electron chi connectivity index (χ3n) is 3.38. The molecule has 1 aliphatic rings. The van der Waals surface area contributed by atoms with Crippen molar-refractivity contribution < 1.29 is 0 Å². The number of anilines is 1. The van der Waals surface area contributed by atoms with Gasteiger partial charge in [-0.3, -0.25) is 0 Å². The molecule has 0 amide bonds. The van der Waals surface area contributed by atoms with Crippen molar-refractivity contribution in [3.63, 3.8) is 0 Å². The molecule has 84 valence electrons. The first kappa shape index (κ1) is 11.1. The first-order valence-electron chi connectivity index (χ1n) is 5.97. The third-order valence-corrected chi connectivity index (χ3v) is 3.38. The van der Waals surface area contributed by atoms with Crippen molar-refractivity contribution in [3.8, 4) is 12.3 Å². The molecule has 0 unspecified atom stereocenters. The SMILES string of the molecule is C#CC(C)(C)c1ccccc1N1CCCC1. The van der Waals surface area contributed by atoms with Gasteiger partial charge < -0.3 is 4.90 Å². The van der Waals surface area contributed by atoms with Crippen LogP contribution in [-0.4, -0.2) is 13.1 Å². The number of nitrogens with zero attached hydrogens (tertiary/aromatic N) is 1. The predicted octanol–water partition coefficient (Wildman–Crippen LogP) is 3.20. The van der Waals surface area contributed by atoms with Gasteiger partial charge in [0, 0.05) is 18.8 Å². The van der Waals surface area contributed by atoms with Crippen molar-refractivity contribution in [2.24, 2.45) is 0 Å². The van der Waals surface area contributed by atoms with Crippen LogP contribution in [0.1, 0.15) is 32.3 Å². The molecule has 0 spiro atoms. The molecule has 1 saturated heterocycles. The summed E-state index contributed by atoms with van der Waals surface area (Å²) >= 11 is 0. The highest BCUT2D eigenvalue weighted by Crippen LogP contribution is 2.33. The van der Waals surface area contributed by atoms with E-state index in [9.17, 15) is 0 Å². The molecule has 2 rings (SSSR count). The molecule has 1 nitrogen and oxygen atoms in total. The molecule has 0 aliphatic carbocycles. The van der Waals surface area contributed by atoms with Gasteiger partial charge in [0.2, 0.25) is 0 Å². The van der Waals surface area contributed by atoms with Crippen LogP contribution in [0.15, 0.2) is 24.3 Å². The molecule has 1 aromatic rings. The fraction of sp³-hybridized carbons (Fsp3) is 0.467. The zero-order chi connectivity index (χ0) is 11.6. The molecule has 0 saturated carbocycles. The maximum atomic E-state index is 5.64. The highest BCUT2D eigenvalue weighted by atomic mass is 15.1. The number of hydrogen-bond donors (Lipinski definition) is 0. The number of para-hydroxylation sites is 1. The molecule has 0 atom stereocenters. The first-order chi connectivity index (χ1) is 7.65. The van der Waals surface area contributed by atoms with Crippen molar-refractivity contribution in [2.75, 3.05) is 18.0 Å². The smallest absolute Gasteiger partial charge is 0.0524 e. The highest BCUT2D eigenvalue weighted by Gasteiger charge is 2.24. The second-order valence-electron chi connectivity index (χ2n) is 4.98. The average molecular weight is 213 g/mol. The number of benzene rings is 1. The monoisotopic (exact) mass is 213 g/mol. The summed E-state index contributed by atoms with van der Waals surface area (Å²) in [5, 5.41) is 0. The van der Waals surface area contributed by atoms with E-state index in [2.05, 4.69) is 48.9 Å². The molecule has 1 fully saturated rings. The van der Waals surface area contributed by atoms with Gasteiger partial charge in [0.25, 0.3) is 0 Å². The normalized spacial score (nSPS) is 16.2. The van der Waals surface area contributed by atoms with Crippen LogP contribution in [0.5, 0.6) is 0 Å². The summed E-state index contributed by atoms with van der Waals surface area (Å²) in [7, 11) is 0. The first-order valence-corrected chi connectivity index (χ1v) is 5.97. The Labute approximate surface area is 98.5 Å². The molecule has 0 radical (unpaired) electrons. The lowest BCUT2D eigenvalue weighted by Crippen LogP contribution is -2.24. The average Bonchev–Trinajstić information content (AvgIpc) is 2.82. The van der Waals surface area contributed by atoms with Gasteiger partial charge in [-0.1, -0.05) is 24.1 Å². The zero-order valence-electron chi connectivity index (χ0n) is 10.2. The molecule has 0 N–H and O–H groups in total. The highest BCUT2D eigenvalue weighted by molar-refractivity contribution is 5.59. The summed E-state index contributed by atoms with van der Waals surface area (Å²) in [6.07, 6.45) is 8.23. The van der Waals surface area contributed by atoms with Crippen LogP contribution in [-0.2, 0) is 5.41 Å². The van der Waals surface area contributed by atoms with Crippen LogP contribution in [0, 0.1) is 12.3 Å². The van der Waals surface area contributed by atoms with Crippen molar-refractivity contribution in [3.05, 3.63) is 29.8 Å². The topological polar surface area (TPSA) is 3.24 Å². The Morgan fingerprint density at radius 1 is 1.19 bits per heavy atom. The lowest BCUT2D eigenvalue weighted by Gasteiger charge is -2.27. The third kappa shape index (κ3) is 1.93. The van der Waals surface area contributed by atoms with Crippen LogP contribution in [0.4, 0.5) is 5.69 Å². The Bertz CT molecular complexity index is 406. The van der Waals surface area contributed by atoms with E-state index in [1.165, 1.54) is 24.1 Å². The van der Waals surface area contributed by atoms with Gasteiger partial charge in [0.1, 0.15) is 0 Å². The molecular formula is C15H19N. The Morgan fingerprint density at radius 2 is 1.81 bits per heavy atom. The van der Waals surface area contributed by atoms with Gasteiger partial charge in [0.15, 0.2) is 0 Å². The van der Waals surface area contributed by atoms with Crippen molar-refractivity contribution in [2.45, 2.75) is 32.1 Å². The quantitative estimate of drug-likeness (QED) is 0.682. The largest absolute Gasteiger partial charge is 0.371 e. The molecule has 1 heteroatoms. The van der Waals surface area contributed by atoms with E-state index >= 15 is 0 Å². The summed E-state index contributed by atoms with van der Waals surface area (Å²) in [6.45, 7) is 6.55. The standard InChI is InChI=1S/C15H19N/c1-4-15(2,3)13-9-5-6-10-14(13)16-11-7-8-12-16/h1,5-6,9-10H,7-8,11-12H2,2-3H3. The van der Waals surface area contributed by atoms with E-state index in [0.717, 1.165) is 13.1 Å². The van der Waals surface area contributed by atoms with Crippen molar-refractivity contribution in [1.29, 1.82) is 0 Å². The minimum absolute atomic E-state index is 0.181. The van der Waals surface area contributed by atoms with Crippen LogP contribution < -0.4 is 4.90 Å². The van der Waals surface area contributed by atoms with Crippen molar-refractivity contribution in [1.82, 2.24) is 0 Å². The van der Waals surface area contributed by atoms with Gasteiger partial charge in [-0.2, -0.15) is 0 Å².